The summed E-state index contributed by atoms with van der Waals surface area (Å²) in [7, 11) is 0. The van der Waals surface area contributed by atoms with Crippen molar-refractivity contribution in [2.24, 2.45) is 11.3 Å². The van der Waals surface area contributed by atoms with Crippen molar-refractivity contribution in [2.75, 3.05) is 0 Å². The monoisotopic (exact) mass is 156 g/mol. The Morgan fingerprint density at radius 1 is 1.18 bits per heavy atom. The quantitative estimate of drug-likeness (QED) is 0.532. The Labute approximate surface area is 72.4 Å². The van der Waals surface area contributed by atoms with Crippen LogP contribution >= 0.6 is 0 Å². The second-order valence-electron chi connectivity index (χ2n) is 4.04. The summed E-state index contributed by atoms with van der Waals surface area (Å²) in [5, 5.41) is 0. The zero-order valence-corrected chi connectivity index (χ0v) is 6.32. The van der Waals surface area contributed by atoms with E-state index in [2.05, 4.69) is 6.92 Å². The fraction of sp³-hybridized carbons (Fsp3) is 1.00. The van der Waals surface area contributed by atoms with Crippen LogP contribution in [0.4, 0.5) is 0 Å². The van der Waals surface area contributed by atoms with Crippen LogP contribution in [0, 0.1) is 11.3 Å². The van der Waals surface area contributed by atoms with Crippen molar-refractivity contribution in [1.82, 2.24) is 0 Å². The second kappa shape index (κ2) is 3.60. The maximum Gasteiger partial charge on any atom is -0.0292 e. The van der Waals surface area contributed by atoms with E-state index in [9.17, 15) is 0 Å². The molecule has 1 spiro atoms. The van der Waals surface area contributed by atoms with Gasteiger partial charge in [0, 0.05) is 0 Å². The molecule has 0 unspecified atom stereocenters. The summed E-state index contributed by atoms with van der Waals surface area (Å²) < 4.78 is 0. The van der Waals surface area contributed by atoms with Gasteiger partial charge in [-0.1, -0.05) is 34.6 Å². The van der Waals surface area contributed by atoms with E-state index < -0.39 is 0 Å². The van der Waals surface area contributed by atoms with Crippen LogP contribution in [-0.4, -0.2) is 0 Å². The molecule has 2 rings (SSSR count). The zero-order valence-electron chi connectivity index (χ0n) is 6.32. The molecule has 0 nitrogen and oxygen atoms in total. The minimum Gasteiger partial charge on any atom is -0.0776 e. The van der Waals surface area contributed by atoms with Crippen LogP contribution in [0.5, 0.6) is 0 Å². The Morgan fingerprint density at radius 2 is 1.73 bits per heavy atom. The number of rotatable bonds is 1. The molecule has 68 valence electrons. The fourth-order valence-electron chi connectivity index (χ4n) is 2.54. The van der Waals surface area contributed by atoms with E-state index >= 15 is 0 Å². The third-order valence-electron chi connectivity index (χ3n) is 3.43. The van der Waals surface area contributed by atoms with Crippen molar-refractivity contribution in [3.8, 4) is 0 Å². The Hall–Kier alpha value is 0. The van der Waals surface area contributed by atoms with E-state index in [0.29, 0.717) is 0 Å². The molecule has 2 aliphatic carbocycles. The Bertz CT molecular complexity index is 103. The van der Waals surface area contributed by atoms with Gasteiger partial charge >= 0.3 is 0 Å². The summed E-state index contributed by atoms with van der Waals surface area (Å²) in [6.45, 7) is 2.33. The molecule has 0 N–H and O–H groups in total. The van der Waals surface area contributed by atoms with Crippen molar-refractivity contribution in [3.63, 3.8) is 0 Å². The van der Waals surface area contributed by atoms with Crippen molar-refractivity contribution in [3.05, 3.63) is 0 Å². The van der Waals surface area contributed by atoms with Gasteiger partial charge in [-0.25, -0.2) is 0 Å². The van der Waals surface area contributed by atoms with Gasteiger partial charge in [0.2, 0.25) is 0 Å². The molecule has 0 heterocycles. The number of hydrogen-bond donors (Lipinski definition) is 0. The van der Waals surface area contributed by atoms with E-state index in [-0.39, 0.29) is 14.9 Å². The van der Waals surface area contributed by atoms with Crippen LogP contribution < -0.4 is 0 Å². The standard InChI is InChI=1S/C9H16.2CH4/c1-2-8-6-9(7-8)4-3-5-9;;/h8H,2-7H2,1H3;2*1H4. The molecule has 2 saturated carbocycles. The fourth-order valence-corrected chi connectivity index (χ4v) is 2.54. The van der Waals surface area contributed by atoms with E-state index in [4.69, 9.17) is 0 Å². The van der Waals surface area contributed by atoms with E-state index in [1.165, 1.54) is 12.8 Å². The van der Waals surface area contributed by atoms with Crippen LogP contribution in [-0.2, 0) is 0 Å². The molecule has 0 amide bonds. The molecule has 2 fully saturated rings. The molecule has 0 atom stereocenters. The van der Waals surface area contributed by atoms with Gasteiger partial charge in [0.05, 0.1) is 0 Å². The van der Waals surface area contributed by atoms with E-state index in [0.717, 1.165) is 11.3 Å². The maximum absolute atomic E-state index is 2.33. The Morgan fingerprint density at radius 3 is 2.00 bits per heavy atom. The highest BCUT2D eigenvalue weighted by Gasteiger charge is 2.46. The highest BCUT2D eigenvalue weighted by Crippen LogP contribution is 2.59. The summed E-state index contributed by atoms with van der Waals surface area (Å²) in [6, 6.07) is 0. The lowest BCUT2D eigenvalue weighted by Gasteiger charge is -2.54. The first-order valence-corrected chi connectivity index (χ1v) is 4.35. The first-order valence-electron chi connectivity index (χ1n) is 4.35. The van der Waals surface area contributed by atoms with Gasteiger partial charge in [0.25, 0.3) is 0 Å². The lowest BCUT2D eigenvalue weighted by Crippen LogP contribution is -2.42. The summed E-state index contributed by atoms with van der Waals surface area (Å²) in [5.74, 6) is 1.12. The Balaban J connectivity index is 0.000000500. The van der Waals surface area contributed by atoms with Gasteiger partial charge in [-0.2, -0.15) is 0 Å². The maximum atomic E-state index is 2.33. The van der Waals surface area contributed by atoms with Crippen LogP contribution in [0.2, 0.25) is 0 Å². The van der Waals surface area contributed by atoms with Crippen LogP contribution in [0.3, 0.4) is 0 Å². The molecule has 0 radical (unpaired) electrons. The number of hydrogen-bond acceptors (Lipinski definition) is 0. The average molecular weight is 156 g/mol. The van der Waals surface area contributed by atoms with Crippen molar-refractivity contribution >= 4 is 0 Å². The molecule has 0 heteroatoms. The lowest BCUT2D eigenvalue weighted by atomic mass is 9.51. The molecular formula is C11H24. The summed E-state index contributed by atoms with van der Waals surface area (Å²) in [5.41, 5.74) is 0.917. The van der Waals surface area contributed by atoms with Crippen LogP contribution in [0.25, 0.3) is 0 Å². The van der Waals surface area contributed by atoms with Crippen LogP contribution in [0.15, 0.2) is 0 Å². The Kier molecular flexibility index (Phi) is 3.60. The smallest absolute Gasteiger partial charge is 0.0292 e. The van der Waals surface area contributed by atoms with Gasteiger partial charge in [0.1, 0.15) is 0 Å². The van der Waals surface area contributed by atoms with Crippen molar-refractivity contribution < 1.29 is 0 Å². The molecule has 0 aromatic heterocycles. The van der Waals surface area contributed by atoms with E-state index in [1.54, 1.807) is 25.7 Å². The minimum absolute atomic E-state index is 0. The molecular weight excluding hydrogens is 132 g/mol. The topological polar surface area (TPSA) is 0 Å². The first kappa shape index (κ1) is 11.0. The lowest BCUT2D eigenvalue weighted by molar-refractivity contribution is -0.0256. The third-order valence-corrected chi connectivity index (χ3v) is 3.43. The van der Waals surface area contributed by atoms with Crippen molar-refractivity contribution in [2.45, 2.75) is 60.3 Å². The van der Waals surface area contributed by atoms with Gasteiger partial charge in [-0.3, -0.25) is 0 Å². The zero-order chi connectivity index (χ0) is 6.32. The summed E-state index contributed by atoms with van der Waals surface area (Å²) in [4.78, 5) is 0. The molecule has 2 aliphatic rings. The summed E-state index contributed by atoms with van der Waals surface area (Å²) in [6.07, 6.45) is 9.22. The highest BCUT2D eigenvalue weighted by atomic mass is 14.5. The van der Waals surface area contributed by atoms with Crippen molar-refractivity contribution in [1.29, 1.82) is 0 Å². The molecule has 0 aromatic carbocycles. The van der Waals surface area contributed by atoms with Crippen LogP contribution in [0.1, 0.15) is 60.3 Å². The molecule has 11 heavy (non-hydrogen) atoms. The predicted molar refractivity (Wildman–Crippen MR) is 52.8 cm³/mol. The van der Waals surface area contributed by atoms with Gasteiger partial charge in [-0.15, -0.1) is 0 Å². The van der Waals surface area contributed by atoms with Gasteiger partial charge in [-0.05, 0) is 37.0 Å². The average Bonchev–Trinajstić information content (AvgIpc) is 1.59. The van der Waals surface area contributed by atoms with Gasteiger partial charge < -0.3 is 0 Å². The predicted octanol–water partition coefficient (Wildman–Crippen LogP) is 4.25. The van der Waals surface area contributed by atoms with Gasteiger partial charge in [0.15, 0.2) is 0 Å². The molecule has 0 bridgehead atoms. The molecule has 0 saturated heterocycles. The minimum atomic E-state index is 0. The third kappa shape index (κ3) is 1.60. The SMILES string of the molecule is C.C.CCC1CC2(CCC2)C1. The van der Waals surface area contributed by atoms with E-state index in [1.807, 2.05) is 0 Å². The second-order valence-corrected chi connectivity index (χ2v) is 4.04. The first-order chi connectivity index (χ1) is 4.35. The molecule has 0 aliphatic heterocycles. The molecule has 0 aromatic rings. The largest absolute Gasteiger partial charge is 0.0776 e. The normalized spacial score (nSPS) is 25.9. The summed E-state index contributed by atoms with van der Waals surface area (Å²) >= 11 is 0. The highest BCUT2D eigenvalue weighted by molar-refractivity contribution is 4.98.